The van der Waals surface area contributed by atoms with Crippen LogP contribution in [0.3, 0.4) is 0 Å². The SMILES string of the molecule is NC(=O)c1cccc2[nH]c(C3CC4(CCC4)CN3)nc12. The molecule has 1 spiro atoms. The number of carbonyl (C=O) groups excluding carboxylic acids is 1. The van der Waals surface area contributed by atoms with Gasteiger partial charge in [0.15, 0.2) is 0 Å². The van der Waals surface area contributed by atoms with Gasteiger partial charge in [-0.25, -0.2) is 4.98 Å². The minimum atomic E-state index is -0.427. The number of imidazole rings is 1. The van der Waals surface area contributed by atoms with Gasteiger partial charge in [-0.2, -0.15) is 0 Å². The largest absolute Gasteiger partial charge is 0.366 e. The zero-order valence-corrected chi connectivity index (χ0v) is 11.3. The standard InChI is InChI=1S/C15H18N4O/c16-13(20)9-3-1-4-10-12(9)19-14(18-10)11-7-15(8-17-11)5-2-6-15/h1,3-4,11,17H,2,5-8H2,(H2,16,20)(H,18,19). The number of amides is 1. The van der Waals surface area contributed by atoms with Crippen molar-refractivity contribution in [3.63, 3.8) is 0 Å². The Morgan fingerprint density at radius 1 is 1.40 bits per heavy atom. The first-order chi connectivity index (χ1) is 9.67. The average molecular weight is 270 g/mol. The van der Waals surface area contributed by atoms with Crippen LogP contribution in [0.25, 0.3) is 11.0 Å². The number of aromatic nitrogens is 2. The number of H-pyrrole nitrogens is 1. The molecule has 2 heterocycles. The van der Waals surface area contributed by atoms with Crippen LogP contribution in [0.1, 0.15) is 47.9 Å². The number of hydrogen-bond donors (Lipinski definition) is 3. The summed E-state index contributed by atoms with van der Waals surface area (Å²) in [6, 6.07) is 5.76. The third kappa shape index (κ3) is 1.66. The third-order valence-electron chi connectivity index (χ3n) is 4.90. The van der Waals surface area contributed by atoms with Gasteiger partial charge >= 0.3 is 0 Å². The van der Waals surface area contributed by atoms with Crippen molar-refractivity contribution < 1.29 is 4.79 Å². The molecule has 1 atom stereocenters. The van der Waals surface area contributed by atoms with Gasteiger partial charge in [0.2, 0.25) is 0 Å². The average Bonchev–Trinajstić information content (AvgIpc) is 3.01. The molecule has 1 unspecified atom stereocenters. The summed E-state index contributed by atoms with van der Waals surface area (Å²) < 4.78 is 0. The van der Waals surface area contributed by atoms with Crippen LogP contribution in [0.2, 0.25) is 0 Å². The van der Waals surface area contributed by atoms with Gasteiger partial charge in [-0.1, -0.05) is 12.5 Å². The monoisotopic (exact) mass is 270 g/mol. The van der Waals surface area contributed by atoms with Crippen molar-refractivity contribution in [1.29, 1.82) is 0 Å². The quantitative estimate of drug-likeness (QED) is 0.779. The van der Waals surface area contributed by atoms with Crippen LogP contribution in [0, 0.1) is 5.41 Å². The zero-order chi connectivity index (χ0) is 13.7. The lowest BCUT2D eigenvalue weighted by atomic mass is 9.67. The molecule has 104 valence electrons. The summed E-state index contributed by atoms with van der Waals surface area (Å²) in [6.07, 6.45) is 5.13. The van der Waals surface area contributed by atoms with E-state index in [9.17, 15) is 4.79 Å². The molecule has 20 heavy (non-hydrogen) atoms. The second kappa shape index (κ2) is 4.06. The van der Waals surface area contributed by atoms with E-state index in [1.807, 2.05) is 12.1 Å². The molecule has 0 radical (unpaired) electrons. The summed E-state index contributed by atoms with van der Waals surface area (Å²) in [5.74, 6) is 0.501. The minimum absolute atomic E-state index is 0.267. The van der Waals surface area contributed by atoms with Crippen LogP contribution in [-0.2, 0) is 0 Å². The van der Waals surface area contributed by atoms with E-state index >= 15 is 0 Å². The van der Waals surface area contributed by atoms with Crippen LogP contribution >= 0.6 is 0 Å². The molecule has 2 aliphatic rings. The van der Waals surface area contributed by atoms with Gasteiger partial charge in [0.25, 0.3) is 5.91 Å². The van der Waals surface area contributed by atoms with E-state index in [0.717, 1.165) is 24.3 Å². The molecule has 1 aromatic heterocycles. The Hall–Kier alpha value is -1.88. The number of primary amides is 1. The molecule has 1 aliphatic heterocycles. The molecular formula is C15H18N4O. The molecule has 1 aliphatic carbocycles. The highest BCUT2D eigenvalue weighted by molar-refractivity contribution is 6.04. The first-order valence-corrected chi connectivity index (χ1v) is 7.19. The number of aromatic amines is 1. The topological polar surface area (TPSA) is 83.8 Å². The molecule has 1 amide bonds. The van der Waals surface area contributed by atoms with E-state index in [0.29, 0.717) is 16.5 Å². The van der Waals surface area contributed by atoms with Crippen molar-refractivity contribution in [2.45, 2.75) is 31.7 Å². The summed E-state index contributed by atoms with van der Waals surface area (Å²) in [6.45, 7) is 1.08. The van der Waals surface area contributed by atoms with Crippen LogP contribution < -0.4 is 11.1 Å². The molecule has 2 aromatic rings. The van der Waals surface area contributed by atoms with Crippen LogP contribution in [0.4, 0.5) is 0 Å². The van der Waals surface area contributed by atoms with Crippen LogP contribution in [0.15, 0.2) is 18.2 Å². The number of para-hydroxylation sites is 1. The van der Waals surface area contributed by atoms with E-state index in [-0.39, 0.29) is 6.04 Å². The second-order valence-electron chi connectivity index (χ2n) is 6.18. The lowest BCUT2D eigenvalue weighted by molar-refractivity contribution is 0.100. The van der Waals surface area contributed by atoms with Crippen molar-refractivity contribution in [3.05, 3.63) is 29.6 Å². The zero-order valence-electron chi connectivity index (χ0n) is 11.3. The number of nitrogens with one attached hydrogen (secondary N) is 2. The summed E-state index contributed by atoms with van der Waals surface area (Å²) in [4.78, 5) is 19.4. The first kappa shape index (κ1) is 11.9. The van der Waals surface area contributed by atoms with Gasteiger partial charge in [-0.15, -0.1) is 0 Å². The molecule has 1 aromatic carbocycles. The second-order valence-corrected chi connectivity index (χ2v) is 6.18. The molecule has 4 rings (SSSR count). The van der Waals surface area contributed by atoms with E-state index in [1.54, 1.807) is 6.07 Å². The predicted molar refractivity (Wildman–Crippen MR) is 76.3 cm³/mol. The van der Waals surface area contributed by atoms with Crippen molar-refractivity contribution in [2.24, 2.45) is 11.1 Å². The van der Waals surface area contributed by atoms with E-state index in [1.165, 1.54) is 19.3 Å². The van der Waals surface area contributed by atoms with Gasteiger partial charge in [-0.05, 0) is 36.8 Å². The Morgan fingerprint density at radius 2 is 2.25 bits per heavy atom. The smallest absolute Gasteiger partial charge is 0.250 e. The fourth-order valence-electron chi connectivity index (χ4n) is 3.58. The summed E-state index contributed by atoms with van der Waals surface area (Å²) in [5, 5.41) is 3.57. The fourth-order valence-corrected chi connectivity index (χ4v) is 3.58. The molecule has 2 fully saturated rings. The summed E-state index contributed by atoms with van der Waals surface area (Å²) in [5.41, 5.74) is 7.96. The normalized spacial score (nSPS) is 24.1. The maximum Gasteiger partial charge on any atom is 0.250 e. The Bertz CT molecular complexity index is 686. The minimum Gasteiger partial charge on any atom is -0.366 e. The van der Waals surface area contributed by atoms with Crippen molar-refractivity contribution in [3.8, 4) is 0 Å². The van der Waals surface area contributed by atoms with E-state index in [2.05, 4.69) is 15.3 Å². The first-order valence-electron chi connectivity index (χ1n) is 7.19. The number of nitrogens with two attached hydrogens (primary N) is 1. The highest BCUT2D eigenvalue weighted by Crippen LogP contribution is 2.50. The van der Waals surface area contributed by atoms with Crippen LogP contribution in [-0.4, -0.2) is 22.4 Å². The number of rotatable bonds is 2. The predicted octanol–water partition coefficient (Wildman–Crippen LogP) is 1.87. The number of hydrogen-bond acceptors (Lipinski definition) is 3. The summed E-state index contributed by atoms with van der Waals surface area (Å²) in [7, 11) is 0. The van der Waals surface area contributed by atoms with Gasteiger partial charge in [0, 0.05) is 6.54 Å². The molecule has 4 N–H and O–H groups in total. The fraction of sp³-hybridized carbons (Fsp3) is 0.467. The Kier molecular flexibility index (Phi) is 2.41. The van der Waals surface area contributed by atoms with Gasteiger partial charge in [-0.3, -0.25) is 4.79 Å². The maximum absolute atomic E-state index is 11.5. The van der Waals surface area contributed by atoms with Gasteiger partial charge < -0.3 is 16.0 Å². The Balaban J connectivity index is 1.71. The van der Waals surface area contributed by atoms with Crippen LogP contribution in [0.5, 0.6) is 0 Å². The maximum atomic E-state index is 11.5. The van der Waals surface area contributed by atoms with E-state index < -0.39 is 5.91 Å². The molecule has 5 heteroatoms. The van der Waals surface area contributed by atoms with Crippen molar-refractivity contribution in [1.82, 2.24) is 15.3 Å². The van der Waals surface area contributed by atoms with Gasteiger partial charge in [0.05, 0.1) is 17.1 Å². The number of fused-ring (bicyclic) bond motifs is 1. The lowest BCUT2D eigenvalue weighted by Gasteiger charge is -2.37. The number of benzene rings is 1. The van der Waals surface area contributed by atoms with Crippen molar-refractivity contribution in [2.75, 3.05) is 6.54 Å². The number of carbonyl (C=O) groups is 1. The number of nitrogens with zero attached hydrogens (tertiary/aromatic N) is 1. The molecule has 5 nitrogen and oxygen atoms in total. The highest BCUT2D eigenvalue weighted by Gasteiger charge is 2.44. The molecular weight excluding hydrogens is 252 g/mol. The summed E-state index contributed by atoms with van der Waals surface area (Å²) >= 11 is 0. The lowest BCUT2D eigenvalue weighted by Crippen LogP contribution is -2.31. The van der Waals surface area contributed by atoms with E-state index in [4.69, 9.17) is 5.73 Å². The molecule has 0 bridgehead atoms. The Labute approximate surface area is 117 Å². The molecule has 1 saturated carbocycles. The third-order valence-corrected chi connectivity index (χ3v) is 4.90. The van der Waals surface area contributed by atoms with Gasteiger partial charge in [0.1, 0.15) is 11.3 Å². The molecule has 1 saturated heterocycles. The van der Waals surface area contributed by atoms with Crippen molar-refractivity contribution >= 4 is 16.9 Å². The Morgan fingerprint density at radius 3 is 2.90 bits per heavy atom. The highest BCUT2D eigenvalue weighted by atomic mass is 16.1.